The van der Waals surface area contributed by atoms with Crippen LogP contribution in [0, 0.1) is 13.0 Å². The summed E-state index contributed by atoms with van der Waals surface area (Å²) in [5.41, 5.74) is 2.11. The molecule has 1 aromatic carbocycles. The molecule has 0 fully saturated rings. The zero-order valence-electron chi connectivity index (χ0n) is 10.0. The Morgan fingerprint density at radius 3 is 2.45 bits per heavy atom. The van der Waals surface area contributed by atoms with Crippen molar-refractivity contribution in [3.8, 4) is 0 Å². The van der Waals surface area contributed by atoms with Crippen LogP contribution in [0.3, 0.4) is 0 Å². The monoisotopic (exact) mass is 509 g/mol. The predicted molar refractivity (Wildman–Crippen MR) is 99.4 cm³/mol. The molecule has 0 spiro atoms. The van der Waals surface area contributed by atoms with E-state index in [4.69, 9.17) is 11.6 Å². The van der Waals surface area contributed by atoms with E-state index in [-0.39, 0.29) is 5.82 Å². The standard InChI is InChI=1S/C15H7ClFI2N/c16-10-7-9-13(18)8-5-3-1-2-4-6-11(8)20-15(9)12(17)14(10)19/h1-7H/b2-1-,3-1?,4-2?,5-3-,6-4-,8-5?,11-6?. The molecule has 1 nitrogen and oxygen atoms in total. The lowest BCUT2D eigenvalue weighted by Crippen LogP contribution is -1.98. The van der Waals surface area contributed by atoms with Crippen molar-refractivity contribution in [3.05, 3.63) is 59.6 Å². The Labute approximate surface area is 147 Å². The number of allylic oxidation sites excluding steroid dienone is 4. The molecule has 0 radical (unpaired) electrons. The van der Waals surface area contributed by atoms with Crippen molar-refractivity contribution in [2.24, 2.45) is 0 Å². The van der Waals surface area contributed by atoms with Gasteiger partial charge in [0, 0.05) is 14.5 Å². The van der Waals surface area contributed by atoms with Crippen molar-refractivity contribution in [2.75, 3.05) is 0 Å². The molecule has 0 N–H and O–H groups in total. The van der Waals surface area contributed by atoms with Gasteiger partial charge in [0.2, 0.25) is 0 Å². The maximum Gasteiger partial charge on any atom is 0.164 e. The average molecular weight is 509 g/mol. The van der Waals surface area contributed by atoms with Gasteiger partial charge in [0.15, 0.2) is 5.82 Å². The first-order valence-corrected chi connectivity index (χ1v) is 8.31. The summed E-state index contributed by atoms with van der Waals surface area (Å²) in [6.45, 7) is 0. The van der Waals surface area contributed by atoms with E-state index in [0.717, 1.165) is 20.2 Å². The molecule has 1 aliphatic rings. The lowest BCUT2D eigenvalue weighted by molar-refractivity contribution is 0.629. The van der Waals surface area contributed by atoms with Crippen molar-refractivity contribution in [3.63, 3.8) is 0 Å². The number of rotatable bonds is 0. The number of nitrogens with zero attached hydrogens (tertiary/aromatic N) is 1. The van der Waals surface area contributed by atoms with Crippen molar-refractivity contribution < 1.29 is 4.39 Å². The smallest absolute Gasteiger partial charge is 0.164 e. The number of aromatic nitrogens is 1. The number of hydrogen-bond acceptors (Lipinski definition) is 1. The van der Waals surface area contributed by atoms with Gasteiger partial charge in [-0.1, -0.05) is 42.0 Å². The second-order valence-electron chi connectivity index (χ2n) is 4.21. The molecule has 1 heterocycles. The molecule has 5 heteroatoms. The fourth-order valence-corrected chi connectivity index (χ4v) is 3.48. The topological polar surface area (TPSA) is 12.9 Å². The molecule has 0 saturated carbocycles. The lowest BCUT2D eigenvalue weighted by Gasteiger charge is -2.11. The van der Waals surface area contributed by atoms with Crippen LogP contribution in [0.15, 0.2) is 30.4 Å². The second kappa shape index (κ2) is 5.73. The molecule has 3 rings (SSSR count). The molecule has 1 aliphatic carbocycles. The maximum atomic E-state index is 14.4. The fourth-order valence-electron chi connectivity index (χ4n) is 2.01. The summed E-state index contributed by atoms with van der Waals surface area (Å²) < 4.78 is 15.7. The molecule has 0 aliphatic heterocycles. The third-order valence-corrected chi connectivity index (χ3v) is 5.80. The number of fused-ring (bicyclic) bond motifs is 2. The average Bonchev–Trinajstić information content (AvgIpc) is 2.40. The quantitative estimate of drug-likeness (QED) is 0.322. The normalized spacial score (nSPS) is 18.2. The van der Waals surface area contributed by atoms with E-state index in [1.807, 2.05) is 59.0 Å². The summed E-state index contributed by atoms with van der Waals surface area (Å²) in [4.78, 5) is 4.46. The first-order valence-electron chi connectivity index (χ1n) is 5.77. The highest BCUT2D eigenvalue weighted by Crippen LogP contribution is 2.34. The molecule has 0 unspecified atom stereocenters. The van der Waals surface area contributed by atoms with Crippen LogP contribution in [0.2, 0.25) is 5.02 Å². The minimum atomic E-state index is -0.358. The maximum absolute atomic E-state index is 14.4. The first kappa shape index (κ1) is 14.5. The summed E-state index contributed by atoms with van der Waals surface area (Å²) in [6.07, 6.45) is 11.6. The molecule has 0 atom stereocenters. The highest BCUT2D eigenvalue weighted by atomic mass is 127. The Morgan fingerprint density at radius 2 is 1.70 bits per heavy atom. The SMILES string of the molecule is Fc1c(I)c(Cl)cc2c(I)c3c(nc12)\C=C/C=C\C=C/3. The van der Waals surface area contributed by atoms with Gasteiger partial charge in [-0.2, -0.15) is 0 Å². The zero-order chi connectivity index (χ0) is 14.3. The highest BCUT2D eigenvalue weighted by molar-refractivity contribution is 14.1. The molecule has 100 valence electrons. The van der Waals surface area contributed by atoms with Gasteiger partial charge in [-0.25, -0.2) is 9.37 Å². The van der Waals surface area contributed by atoms with E-state index in [1.165, 1.54) is 0 Å². The first-order chi connectivity index (χ1) is 9.59. The van der Waals surface area contributed by atoms with Crippen LogP contribution in [-0.4, -0.2) is 4.98 Å². The minimum Gasteiger partial charge on any atom is -0.245 e. The lowest BCUT2D eigenvalue weighted by atomic mass is 10.1. The van der Waals surface area contributed by atoms with E-state index in [0.29, 0.717) is 14.1 Å². The molecule has 0 saturated heterocycles. The van der Waals surface area contributed by atoms with Gasteiger partial charge in [-0.3, -0.25) is 0 Å². The summed E-state index contributed by atoms with van der Waals surface area (Å²) in [5.74, 6) is -0.358. The Bertz CT molecular complexity index is 810. The molecule has 1 aromatic heterocycles. The van der Waals surface area contributed by atoms with Gasteiger partial charge in [-0.05, 0) is 57.3 Å². The second-order valence-corrected chi connectivity index (χ2v) is 6.78. The third kappa shape index (κ3) is 2.42. The van der Waals surface area contributed by atoms with Gasteiger partial charge in [0.25, 0.3) is 0 Å². The van der Waals surface area contributed by atoms with Gasteiger partial charge in [0.05, 0.1) is 14.3 Å². The van der Waals surface area contributed by atoms with Crippen LogP contribution in [-0.2, 0) is 0 Å². The molecule has 0 bridgehead atoms. The van der Waals surface area contributed by atoms with Crippen LogP contribution in [0.4, 0.5) is 4.39 Å². The van der Waals surface area contributed by atoms with Crippen molar-refractivity contribution in [2.45, 2.75) is 0 Å². The summed E-state index contributed by atoms with van der Waals surface area (Å²) in [5, 5.41) is 1.16. The van der Waals surface area contributed by atoms with E-state index < -0.39 is 0 Å². The number of halogens is 4. The zero-order valence-corrected chi connectivity index (χ0v) is 15.1. The Kier molecular flexibility index (Phi) is 4.14. The van der Waals surface area contributed by atoms with Crippen LogP contribution in [0.5, 0.6) is 0 Å². The predicted octanol–water partition coefficient (Wildman–Crippen LogP) is 5.83. The van der Waals surface area contributed by atoms with E-state index in [9.17, 15) is 4.39 Å². The fraction of sp³-hybridized carbons (Fsp3) is 0. The summed E-state index contributed by atoms with van der Waals surface area (Å²) in [7, 11) is 0. The Hall–Kier alpha value is -0.470. The van der Waals surface area contributed by atoms with E-state index in [1.54, 1.807) is 6.07 Å². The minimum absolute atomic E-state index is 0.358. The van der Waals surface area contributed by atoms with Crippen LogP contribution >= 0.6 is 56.8 Å². The van der Waals surface area contributed by atoms with Gasteiger partial charge in [-0.15, -0.1) is 0 Å². The van der Waals surface area contributed by atoms with Crippen molar-refractivity contribution in [1.82, 2.24) is 4.98 Å². The largest absolute Gasteiger partial charge is 0.245 e. The van der Waals surface area contributed by atoms with E-state index >= 15 is 0 Å². The Balaban J connectivity index is 2.45. The van der Waals surface area contributed by atoms with Gasteiger partial charge < -0.3 is 0 Å². The van der Waals surface area contributed by atoms with Crippen molar-refractivity contribution >= 4 is 79.8 Å². The Morgan fingerprint density at radius 1 is 1.00 bits per heavy atom. The van der Waals surface area contributed by atoms with Gasteiger partial charge in [0.1, 0.15) is 5.52 Å². The van der Waals surface area contributed by atoms with Crippen LogP contribution in [0.25, 0.3) is 23.1 Å². The number of benzene rings is 1. The molecule has 20 heavy (non-hydrogen) atoms. The summed E-state index contributed by atoms with van der Waals surface area (Å²) >= 11 is 10.2. The highest BCUT2D eigenvalue weighted by Gasteiger charge is 2.17. The molecule has 0 amide bonds. The van der Waals surface area contributed by atoms with E-state index in [2.05, 4.69) is 27.6 Å². The molecular formula is C15H7ClFI2N. The molecule has 2 aromatic rings. The number of hydrogen-bond donors (Lipinski definition) is 0. The third-order valence-electron chi connectivity index (χ3n) is 2.97. The van der Waals surface area contributed by atoms with Crippen LogP contribution < -0.4 is 0 Å². The number of pyridine rings is 1. The molecular weight excluding hydrogens is 502 g/mol. The van der Waals surface area contributed by atoms with Gasteiger partial charge >= 0.3 is 0 Å². The van der Waals surface area contributed by atoms with Crippen LogP contribution in [0.1, 0.15) is 11.3 Å². The summed E-state index contributed by atoms with van der Waals surface area (Å²) in [6, 6.07) is 1.78. The van der Waals surface area contributed by atoms with Crippen molar-refractivity contribution in [1.29, 1.82) is 0 Å².